The zero-order valence-corrected chi connectivity index (χ0v) is 19.4. The van der Waals surface area contributed by atoms with Gasteiger partial charge < -0.3 is 48.0 Å². The SMILES string of the molecule is CCCSCCCCCCCCCCSCCC.[I-].[I-]. The molecule has 0 aromatic heterocycles. The first-order chi connectivity index (χ1) is 8.91. The third kappa shape index (κ3) is 25.1. The van der Waals surface area contributed by atoms with Gasteiger partial charge in [0.25, 0.3) is 0 Å². The highest BCUT2D eigenvalue weighted by Gasteiger charge is 1.93. The summed E-state index contributed by atoms with van der Waals surface area (Å²) in [6.07, 6.45) is 14.4. The summed E-state index contributed by atoms with van der Waals surface area (Å²) in [4.78, 5) is 0. The van der Waals surface area contributed by atoms with Gasteiger partial charge in [0.15, 0.2) is 0 Å². The fourth-order valence-electron chi connectivity index (χ4n) is 1.96. The predicted octanol–water partition coefficient (Wildman–Crippen LogP) is 0.402. The molecule has 0 heterocycles. The highest BCUT2D eigenvalue weighted by molar-refractivity contribution is 7.99. The molecule has 4 heteroatoms. The summed E-state index contributed by atoms with van der Waals surface area (Å²) in [6, 6.07) is 0. The van der Waals surface area contributed by atoms with Gasteiger partial charge in [0.05, 0.1) is 0 Å². The molecule has 0 radical (unpaired) electrons. The summed E-state index contributed by atoms with van der Waals surface area (Å²) in [5.41, 5.74) is 0. The molecule has 0 fully saturated rings. The van der Waals surface area contributed by atoms with E-state index in [-0.39, 0.29) is 48.0 Å². The van der Waals surface area contributed by atoms with Crippen molar-refractivity contribution in [2.75, 3.05) is 23.0 Å². The van der Waals surface area contributed by atoms with Gasteiger partial charge in [-0.1, -0.05) is 52.4 Å². The highest BCUT2D eigenvalue weighted by atomic mass is 127. The third-order valence-electron chi connectivity index (χ3n) is 3.02. The molecule has 0 atom stereocenters. The van der Waals surface area contributed by atoms with Gasteiger partial charge in [-0.25, -0.2) is 0 Å². The van der Waals surface area contributed by atoms with Gasteiger partial charge in [-0.15, -0.1) is 0 Å². The number of hydrogen-bond acceptors (Lipinski definition) is 2. The highest BCUT2D eigenvalue weighted by Crippen LogP contribution is 2.13. The molecule has 0 aliphatic heterocycles. The Balaban J connectivity index is -0.00000144. The molecule has 126 valence electrons. The largest absolute Gasteiger partial charge is 1.00 e. The molecular weight excluding hydrogens is 510 g/mol. The maximum absolute atomic E-state index is 2.27. The van der Waals surface area contributed by atoms with Crippen LogP contribution < -0.4 is 48.0 Å². The van der Waals surface area contributed by atoms with Crippen LogP contribution in [0.4, 0.5) is 0 Å². The molecule has 0 rings (SSSR count). The average Bonchev–Trinajstić information content (AvgIpc) is 2.39. The van der Waals surface area contributed by atoms with Crippen LogP contribution in [0.15, 0.2) is 0 Å². The van der Waals surface area contributed by atoms with Gasteiger partial charge in [0, 0.05) is 0 Å². The van der Waals surface area contributed by atoms with Crippen LogP contribution in [-0.2, 0) is 0 Å². The van der Waals surface area contributed by atoms with Crippen molar-refractivity contribution in [2.45, 2.75) is 78.1 Å². The van der Waals surface area contributed by atoms with E-state index >= 15 is 0 Å². The van der Waals surface area contributed by atoms with Gasteiger partial charge in [-0.05, 0) is 48.7 Å². The number of halogens is 2. The normalized spacial score (nSPS) is 9.90. The van der Waals surface area contributed by atoms with Crippen LogP contribution in [0.5, 0.6) is 0 Å². The molecule has 0 N–H and O–H groups in total. The van der Waals surface area contributed by atoms with Gasteiger partial charge in [-0.2, -0.15) is 23.5 Å². The molecular formula is C16H34I2S2-2. The predicted molar refractivity (Wildman–Crippen MR) is 92.2 cm³/mol. The van der Waals surface area contributed by atoms with Crippen LogP contribution in [0.3, 0.4) is 0 Å². The fourth-order valence-corrected chi connectivity index (χ4v) is 3.76. The second-order valence-corrected chi connectivity index (χ2v) is 7.50. The standard InChI is InChI=1S/C16H34S2.2HI/c1-3-13-17-15-11-9-7-5-6-8-10-12-16-18-14-4-2;;/h3-16H2,1-2H3;2*1H/p-2. The molecule has 0 unspecified atom stereocenters. The molecule has 0 spiro atoms. The Morgan fingerprint density at radius 1 is 0.450 bits per heavy atom. The second kappa shape index (κ2) is 26.1. The third-order valence-corrected chi connectivity index (χ3v) is 5.57. The van der Waals surface area contributed by atoms with Crippen molar-refractivity contribution < 1.29 is 48.0 Å². The smallest absolute Gasteiger partial charge is 0.00675 e. The summed E-state index contributed by atoms with van der Waals surface area (Å²) < 4.78 is 0. The quantitative estimate of drug-likeness (QED) is 0.217. The van der Waals surface area contributed by atoms with Gasteiger partial charge >= 0.3 is 0 Å². The van der Waals surface area contributed by atoms with E-state index in [0.717, 1.165) is 0 Å². The molecule has 0 saturated carbocycles. The van der Waals surface area contributed by atoms with Crippen LogP contribution in [0.25, 0.3) is 0 Å². The first-order valence-corrected chi connectivity index (χ1v) is 10.4. The Morgan fingerprint density at radius 2 is 0.750 bits per heavy atom. The minimum Gasteiger partial charge on any atom is -1.00 e. The van der Waals surface area contributed by atoms with Crippen molar-refractivity contribution >= 4 is 23.5 Å². The number of rotatable bonds is 15. The number of unbranched alkanes of at least 4 members (excludes halogenated alkanes) is 7. The first kappa shape index (κ1) is 27.0. The second-order valence-electron chi connectivity index (χ2n) is 5.05. The van der Waals surface area contributed by atoms with Crippen LogP contribution in [0.2, 0.25) is 0 Å². The molecule has 20 heavy (non-hydrogen) atoms. The molecule has 0 amide bonds. The van der Waals surface area contributed by atoms with Crippen LogP contribution in [0.1, 0.15) is 78.1 Å². The van der Waals surface area contributed by atoms with E-state index in [1.165, 1.54) is 87.2 Å². The van der Waals surface area contributed by atoms with Gasteiger partial charge in [0.2, 0.25) is 0 Å². The van der Waals surface area contributed by atoms with Gasteiger partial charge in [0.1, 0.15) is 0 Å². The van der Waals surface area contributed by atoms with Crippen molar-refractivity contribution in [2.24, 2.45) is 0 Å². The number of thioether (sulfide) groups is 2. The number of hydrogen-bond donors (Lipinski definition) is 0. The Hall–Kier alpha value is 2.16. The van der Waals surface area contributed by atoms with Crippen molar-refractivity contribution in [1.82, 2.24) is 0 Å². The monoisotopic (exact) mass is 544 g/mol. The summed E-state index contributed by atoms with van der Waals surface area (Å²) >= 11 is 4.26. The molecule has 0 nitrogen and oxygen atoms in total. The summed E-state index contributed by atoms with van der Waals surface area (Å²) in [6.45, 7) is 4.54. The van der Waals surface area contributed by atoms with Crippen LogP contribution in [0, 0.1) is 0 Å². The fraction of sp³-hybridized carbons (Fsp3) is 1.00. The van der Waals surface area contributed by atoms with E-state index in [4.69, 9.17) is 0 Å². The molecule has 0 aliphatic rings. The van der Waals surface area contributed by atoms with Crippen molar-refractivity contribution in [1.29, 1.82) is 0 Å². The minimum absolute atomic E-state index is 0. The van der Waals surface area contributed by atoms with Crippen LogP contribution in [-0.4, -0.2) is 23.0 Å². The topological polar surface area (TPSA) is 0 Å². The lowest BCUT2D eigenvalue weighted by atomic mass is 10.1. The molecule has 0 bridgehead atoms. The Labute approximate surface area is 171 Å². The lowest BCUT2D eigenvalue weighted by Crippen LogP contribution is -3.00. The van der Waals surface area contributed by atoms with E-state index in [1.54, 1.807) is 0 Å². The van der Waals surface area contributed by atoms with Crippen molar-refractivity contribution in [3.8, 4) is 0 Å². The molecule has 0 aliphatic carbocycles. The minimum atomic E-state index is 0. The Bertz CT molecular complexity index is 130. The van der Waals surface area contributed by atoms with Crippen LogP contribution >= 0.6 is 23.5 Å². The summed E-state index contributed by atoms with van der Waals surface area (Å²) in [5.74, 6) is 5.50. The summed E-state index contributed by atoms with van der Waals surface area (Å²) in [5, 5.41) is 0. The van der Waals surface area contributed by atoms with Crippen molar-refractivity contribution in [3.63, 3.8) is 0 Å². The molecule has 0 saturated heterocycles. The zero-order chi connectivity index (χ0) is 13.3. The van der Waals surface area contributed by atoms with E-state index in [9.17, 15) is 0 Å². The molecule has 0 aromatic rings. The van der Waals surface area contributed by atoms with Gasteiger partial charge in [-0.3, -0.25) is 0 Å². The van der Waals surface area contributed by atoms with E-state index in [1.807, 2.05) is 0 Å². The van der Waals surface area contributed by atoms with E-state index in [0.29, 0.717) is 0 Å². The summed E-state index contributed by atoms with van der Waals surface area (Å²) in [7, 11) is 0. The lowest BCUT2D eigenvalue weighted by Gasteiger charge is -2.03. The Morgan fingerprint density at radius 3 is 1.05 bits per heavy atom. The first-order valence-electron chi connectivity index (χ1n) is 8.07. The lowest BCUT2D eigenvalue weighted by molar-refractivity contribution is -0.001000. The Kier molecular flexibility index (Phi) is 35.2. The maximum atomic E-state index is 2.27. The zero-order valence-electron chi connectivity index (χ0n) is 13.5. The van der Waals surface area contributed by atoms with E-state index < -0.39 is 0 Å². The molecule has 0 aromatic carbocycles. The maximum Gasteiger partial charge on any atom is -0.00675 e. The average molecular weight is 544 g/mol. The van der Waals surface area contributed by atoms with Crippen molar-refractivity contribution in [3.05, 3.63) is 0 Å². The van der Waals surface area contributed by atoms with E-state index in [2.05, 4.69) is 37.4 Å².